The molecule has 2 N–H and O–H groups in total. The minimum atomic E-state index is -2.10. The molecule has 5 rings (SSSR count). The molecule has 3 aromatic carbocycles. The second kappa shape index (κ2) is 22.8. The third-order valence-corrected chi connectivity index (χ3v) is 9.60. The SMILES string of the molecule is CCCCCCCCO[C@H]1O[C@H](CO[C@H]2O[C@H](CN=[N+]=[N-])[C@@H](O)[C@H](O)[C@@H]2F)[C@@H](OCc2ccccc2)[C@H](OCc2ccccc2)[C@@H]1OCc1ccccc1. The molecule has 0 aliphatic carbocycles. The van der Waals surface area contributed by atoms with Crippen molar-refractivity contribution in [1.82, 2.24) is 0 Å². The number of aliphatic hydroxyl groups excluding tert-OH is 2. The van der Waals surface area contributed by atoms with E-state index >= 15 is 4.39 Å². The number of ether oxygens (including phenoxy) is 7. The topological polar surface area (TPSA) is 154 Å². The first-order valence-corrected chi connectivity index (χ1v) is 19.0. The van der Waals surface area contributed by atoms with Gasteiger partial charge in [-0.25, -0.2) is 4.39 Å². The zero-order valence-corrected chi connectivity index (χ0v) is 30.9. The molecule has 2 saturated heterocycles. The number of halogens is 1. The molecule has 54 heavy (non-hydrogen) atoms. The standard InChI is InChI=1S/C41H54FN3O9/c1-2-3-4-5-6-16-23-48-41-39(51-27-31-21-14-9-15-22-31)38(50-26-30-19-12-8-13-20-30)37(49-25-29-17-10-7-11-18-29)33(54-41)28-52-40-34(42)36(47)35(46)32(53-40)24-44-45-43/h7-15,17-22,32-41,46-47H,2-6,16,23-28H2,1H3/t32-,33-,34+,35-,36-,37-,38+,39+,40+,41+/m1/s1. The van der Waals surface area contributed by atoms with Crippen LogP contribution in [0.5, 0.6) is 0 Å². The van der Waals surface area contributed by atoms with Gasteiger partial charge in [0.1, 0.15) is 36.6 Å². The number of rotatable bonds is 22. The lowest BCUT2D eigenvalue weighted by molar-refractivity contribution is -0.340. The van der Waals surface area contributed by atoms with Gasteiger partial charge in [0.25, 0.3) is 0 Å². The van der Waals surface area contributed by atoms with Crippen molar-refractivity contribution in [3.8, 4) is 0 Å². The summed E-state index contributed by atoms with van der Waals surface area (Å²) in [4.78, 5) is 2.70. The fraction of sp³-hybridized carbons (Fsp3) is 0.561. The quantitative estimate of drug-likeness (QED) is 0.0480. The fourth-order valence-corrected chi connectivity index (χ4v) is 6.58. The maximum Gasteiger partial charge on any atom is 0.192 e. The maximum atomic E-state index is 15.4. The summed E-state index contributed by atoms with van der Waals surface area (Å²) in [6.45, 7) is 2.73. The molecule has 3 aromatic rings. The predicted octanol–water partition coefficient (Wildman–Crippen LogP) is 6.96. The highest BCUT2D eigenvalue weighted by Gasteiger charge is 2.51. The number of hydrogen-bond acceptors (Lipinski definition) is 10. The second-order valence-electron chi connectivity index (χ2n) is 13.7. The Morgan fingerprint density at radius 2 is 1.15 bits per heavy atom. The first-order chi connectivity index (χ1) is 26.5. The highest BCUT2D eigenvalue weighted by Crippen LogP contribution is 2.33. The Bertz CT molecular complexity index is 1510. The molecule has 10 atom stereocenters. The van der Waals surface area contributed by atoms with E-state index in [1.54, 1.807) is 0 Å². The van der Waals surface area contributed by atoms with E-state index in [2.05, 4.69) is 16.9 Å². The summed E-state index contributed by atoms with van der Waals surface area (Å²) in [7, 11) is 0. The molecular weight excluding hydrogens is 697 g/mol. The lowest BCUT2D eigenvalue weighted by atomic mass is 9.97. The van der Waals surface area contributed by atoms with Crippen molar-refractivity contribution in [2.75, 3.05) is 19.8 Å². The number of alkyl halides is 1. The Morgan fingerprint density at radius 1 is 0.630 bits per heavy atom. The summed E-state index contributed by atoms with van der Waals surface area (Å²) < 4.78 is 60.1. The third-order valence-electron chi connectivity index (χ3n) is 9.60. The number of hydrogen-bond donors (Lipinski definition) is 2. The molecular formula is C41H54FN3O9. The average Bonchev–Trinajstić information content (AvgIpc) is 3.21. The van der Waals surface area contributed by atoms with Crippen molar-refractivity contribution in [1.29, 1.82) is 0 Å². The van der Waals surface area contributed by atoms with Gasteiger partial charge < -0.3 is 43.4 Å². The predicted molar refractivity (Wildman–Crippen MR) is 199 cm³/mol. The van der Waals surface area contributed by atoms with E-state index < -0.39 is 61.5 Å². The van der Waals surface area contributed by atoms with E-state index in [0.29, 0.717) is 6.61 Å². The van der Waals surface area contributed by atoms with Gasteiger partial charge in [-0.3, -0.25) is 0 Å². The zero-order valence-electron chi connectivity index (χ0n) is 30.9. The first-order valence-electron chi connectivity index (χ1n) is 19.0. The van der Waals surface area contributed by atoms with Gasteiger partial charge in [-0.1, -0.05) is 135 Å². The van der Waals surface area contributed by atoms with E-state index in [9.17, 15) is 10.2 Å². The van der Waals surface area contributed by atoms with Gasteiger partial charge in [-0.05, 0) is 28.6 Å². The average molecular weight is 752 g/mol. The van der Waals surface area contributed by atoms with Crippen LogP contribution in [0, 0.1) is 0 Å². The molecule has 13 heteroatoms. The molecule has 0 spiro atoms. The molecule has 12 nitrogen and oxygen atoms in total. The smallest absolute Gasteiger partial charge is 0.192 e. The van der Waals surface area contributed by atoms with Crippen LogP contribution < -0.4 is 0 Å². The van der Waals surface area contributed by atoms with Crippen molar-refractivity contribution < 1.29 is 47.8 Å². The Kier molecular flexibility index (Phi) is 17.6. The summed E-state index contributed by atoms with van der Waals surface area (Å²) >= 11 is 0. The summed E-state index contributed by atoms with van der Waals surface area (Å²) in [5.74, 6) is 0. The minimum Gasteiger partial charge on any atom is -0.388 e. The number of nitrogens with zero attached hydrogens (tertiary/aromatic N) is 3. The van der Waals surface area contributed by atoms with Crippen LogP contribution in [0.4, 0.5) is 4.39 Å². The monoisotopic (exact) mass is 751 g/mol. The van der Waals surface area contributed by atoms with Gasteiger partial charge >= 0.3 is 0 Å². The van der Waals surface area contributed by atoms with Crippen LogP contribution in [0.2, 0.25) is 0 Å². The Balaban J connectivity index is 1.42. The zero-order chi connectivity index (χ0) is 38.0. The van der Waals surface area contributed by atoms with Crippen LogP contribution in [0.15, 0.2) is 96.1 Å². The van der Waals surface area contributed by atoms with Crippen LogP contribution in [-0.4, -0.2) is 91.5 Å². The molecule has 0 bridgehead atoms. The van der Waals surface area contributed by atoms with E-state index in [-0.39, 0.29) is 33.0 Å². The van der Waals surface area contributed by atoms with Gasteiger partial charge in [-0.15, -0.1) is 0 Å². The van der Waals surface area contributed by atoms with Crippen molar-refractivity contribution >= 4 is 0 Å². The summed E-state index contributed by atoms with van der Waals surface area (Å²) in [5.41, 5.74) is 11.6. The van der Waals surface area contributed by atoms with Crippen LogP contribution >= 0.6 is 0 Å². The molecule has 0 unspecified atom stereocenters. The molecule has 0 radical (unpaired) electrons. The van der Waals surface area contributed by atoms with E-state index in [0.717, 1.165) is 42.4 Å². The Labute approximate surface area is 317 Å². The Morgan fingerprint density at radius 3 is 1.72 bits per heavy atom. The number of unbranched alkanes of at least 4 members (excludes halogenated alkanes) is 5. The molecule has 0 saturated carbocycles. The second-order valence-corrected chi connectivity index (χ2v) is 13.7. The van der Waals surface area contributed by atoms with E-state index in [1.807, 2.05) is 91.0 Å². The largest absolute Gasteiger partial charge is 0.388 e. The van der Waals surface area contributed by atoms with Gasteiger partial charge in [0.2, 0.25) is 0 Å². The van der Waals surface area contributed by atoms with Gasteiger partial charge in [0.15, 0.2) is 18.8 Å². The highest BCUT2D eigenvalue weighted by atomic mass is 19.1. The minimum absolute atomic E-state index is 0.204. The normalized spacial score (nSPS) is 28.4. The first kappa shape index (κ1) is 41.7. The molecule has 2 aliphatic rings. The molecule has 294 valence electrons. The molecule has 0 amide bonds. The van der Waals surface area contributed by atoms with Crippen LogP contribution in [0.1, 0.15) is 62.1 Å². The lowest BCUT2D eigenvalue weighted by Crippen LogP contribution is -2.62. The van der Waals surface area contributed by atoms with Crippen LogP contribution in [0.3, 0.4) is 0 Å². The van der Waals surface area contributed by atoms with Crippen molar-refractivity contribution in [3.05, 3.63) is 118 Å². The lowest BCUT2D eigenvalue weighted by Gasteiger charge is -2.46. The third kappa shape index (κ3) is 12.5. The summed E-state index contributed by atoms with van der Waals surface area (Å²) in [6, 6.07) is 29.2. The van der Waals surface area contributed by atoms with Crippen molar-refractivity contribution in [2.45, 2.75) is 127 Å². The van der Waals surface area contributed by atoms with Gasteiger partial charge in [-0.2, -0.15) is 0 Å². The number of benzene rings is 3. The van der Waals surface area contributed by atoms with Gasteiger partial charge in [0, 0.05) is 11.5 Å². The highest BCUT2D eigenvalue weighted by molar-refractivity contribution is 5.16. The van der Waals surface area contributed by atoms with E-state index in [4.69, 9.17) is 38.7 Å². The number of aliphatic hydroxyl groups is 2. The fourth-order valence-electron chi connectivity index (χ4n) is 6.58. The van der Waals surface area contributed by atoms with Crippen molar-refractivity contribution in [2.24, 2.45) is 5.11 Å². The van der Waals surface area contributed by atoms with Gasteiger partial charge in [0.05, 0.1) is 39.1 Å². The Hall–Kier alpha value is -3.46. The summed E-state index contributed by atoms with van der Waals surface area (Å²) in [6.07, 6.45) is -5.92. The van der Waals surface area contributed by atoms with Crippen LogP contribution in [0.25, 0.3) is 10.4 Å². The molecule has 0 aromatic heterocycles. The molecule has 2 aliphatic heterocycles. The van der Waals surface area contributed by atoms with E-state index in [1.165, 1.54) is 12.8 Å². The summed E-state index contributed by atoms with van der Waals surface area (Å²) in [5, 5.41) is 24.3. The number of azide groups is 1. The van der Waals surface area contributed by atoms with Crippen LogP contribution in [-0.2, 0) is 53.0 Å². The molecule has 2 heterocycles. The van der Waals surface area contributed by atoms with Crippen molar-refractivity contribution in [3.63, 3.8) is 0 Å². The maximum absolute atomic E-state index is 15.4. The molecule has 2 fully saturated rings.